The van der Waals surface area contributed by atoms with Crippen LogP contribution in [0.25, 0.3) is 0 Å². The predicted molar refractivity (Wildman–Crippen MR) is 103 cm³/mol. The molecular formula is C23H21F3N2. The van der Waals surface area contributed by atoms with Crippen molar-refractivity contribution in [1.29, 1.82) is 5.26 Å². The normalized spacial score (nSPS) is 14.3. The number of nitrogens with zero attached hydrogens (tertiary/aromatic N) is 2. The molecule has 0 aliphatic carbocycles. The second-order valence-electron chi connectivity index (χ2n) is 7.06. The maximum absolute atomic E-state index is 14.5. The Morgan fingerprint density at radius 1 is 1.00 bits per heavy atom. The molecule has 0 atom stereocenters. The Morgan fingerprint density at radius 2 is 1.68 bits per heavy atom. The second kappa shape index (κ2) is 8.85. The molecule has 0 bridgehead atoms. The van der Waals surface area contributed by atoms with Crippen LogP contribution >= 0.6 is 0 Å². The lowest BCUT2D eigenvalue weighted by molar-refractivity contribution is 0.378. The SMILES string of the molecule is CCCC1CCN(c2cc(F)c(C#Cc3ccc(C#N)c(F)c3)c(F)c2)CC1. The Hall–Kier alpha value is -2.92. The first-order valence-electron chi connectivity index (χ1n) is 9.47. The fourth-order valence-electron chi connectivity index (χ4n) is 3.57. The number of benzene rings is 2. The molecule has 3 rings (SSSR count). The van der Waals surface area contributed by atoms with E-state index in [1.54, 1.807) is 6.07 Å². The van der Waals surface area contributed by atoms with Crippen molar-refractivity contribution in [3.63, 3.8) is 0 Å². The van der Waals surface area contributed by atoms with Gasteiger partial charge in [-0.25, -0.2) is 13.2 Å². The van der Waals surface area contributed by atoms with Gasteiger partial charge < -0.3 is 4.90 Å². The first-order chi connectivity index (χ1) is 13.5. The third-order valence-corrected chi connectivity index (χ3v) is 5.12. The smallest absolute Gasteiger partial charge is 0.143 e. The van der Waals surface area contributed by atoms with Crippen LogP contribution in [0.4, 0.5) is 18.9 Å². The monoisotopic (exact) mass is 382 g/mol. The van der Waals surface area contributed by atoms with Crippen molar-refractivity contribution >= 4 is 5.69 Å². The molecule has 1 heterocycles. The van der Waals surface area contributed by atoms with Crippen molar-refractivity contribution in [2.24, 2.45) is 5.92 Å². The van der Waals surface area contributed by atoms with Crippen molar-refractivity contribution in [2.45, 2.75) is 32.6 Å². The average Bonchev–Trinajstić information content (AvgIpc) is 2.68. The quantitative estimate of drug-likeness (QED) is 0.666. The Morgan fingerprint density at radius 3 is 2.25 bits per heavy atom. The van der Waals surface area contributed by atoms with Gasteiger partial charge in [-0.15, -0.1) is 0 Å². The largest absolute Gasteiger partial charge is 0.371 e. The lowest BCUT2D eigenvalue weighted by Gasteiger charge is -2.33. The maximum Gasteiger partial charge on any atom is 0.143 e. The van der Waals surface area contributed by atoms with Crippen LogP contribution in [0.15, 0.2) is 30.3 Å². The summed E-state index contributed by atoms with van der Waals surface area (Å²) in [5.41, 5.74) is 0.335. The molecule has 2 nitrogen and oxygen atoms in total. The molecule has 2 aromatic carbocycles. The first kappa shape index (κ1) is 19.8. The minimum atomic E-state index is -0.729. The van der Waals surface area contributed by atoms with E-state index in [9.17, 15) is 13.2 Å². The summed E-state index contributed by atoms with van der Waals surface area (Å²) >= 11 is 0. The van der Waals surface area contributed by atoms with Crippen LogP contribution in [-0.2, 0) is 0 Å². The van der Waals surface area contributed by atoms with Crippen molar-refractivity contribution in [2.75, 3.05) is 18.0 Å². The summed E-state index contributed by atoms with van der Waals surface area (Å²) in [5.74, 6) is 3.53. The van der Waals surface area contributed by atoms with Crippen molar-refractivity contribution in [1.82, 2.24) is 0 Å². The molecule has 0 amide bonds. The number of rotatable bonds is 3. The minimum absolute atomic E-state index is 0.102. The Kier molecular flexibility index (Phi) is 6.26. The number of nitriles is 1. The number of piperidine rings is 1. The Labute approximate surface area is 163 Å². The Bertz CT molecular complexity index is 935. The zero-order chi connectivity index (χ0) is 20.1. The zero-order valence-electron chi connectivity index (χ0n) is 15.7. The van der Waals surface area contributed by atoms with E-state index in [1.165, 1.54) is 30.7 Å². The number of hydrogen-bond acceptors (Lipinski definition) is 2. The van der Waals surface area contributed by atoms with Gasteiger partial charge in [0.2, 0.25) is 0 Å². The van der Waals surface area contributed by atoms with Gasteiger partial charge >= 0.3 is 0 Å². The van der Waals surface area contributed by atoms with Gasteiger partial charge in [0, 0.05) is 24.3 Å². The molecule has 5 heteroatoms. The van der Waals surface area contributed by atoms with Crippen molar-refractivity contribution in [3.8, 4) is 17.9 Å². The molecule has 1 aliphatic rings. The lowest BCUT2D eigenvalue weighted by atomic mass is 9.92. The Balaban J connectivity index is 1.78. The van der Waals surface area contributed by atoms with Crippen LogP contribution in [0.2, 0.25) is 0 Å². The summed E-state index contributed by atoms with van der Waals surface area (Å²) in [6.07, 6.45) is 4.41. The van der Waals surface area contributed by atoms with Gasteiger partial charge in [-0.2, -0.15) is 5.26 Å². The van der Waals surface area contributed by atoms with E-state index >= 15 is 0 Å². The highest BCUT2D eigenvalue weighted by atomic mass is 19.1. The average molecular weight is 382 g/mol. The van der Waals surface area contributed by atoms with Crippen molar-refractivity contribution < 1.29 is 13.2 Å². The van der Waals surface area contributed by atoms with Crippen LogP contribution in [0.5, 0.6) is 0 Å². The molecule has 0 N–H and O–H groups in total. The molecule has 1 saturated heterocycles. The van der Waals surface area contributed by atoms with Gasteiger partial charge in [0.1, 0.15) is 23.5 Å². The summed E-state index contributed by atoms with van der Waals surface area (Å²) in [7, 11) is 0. The van der Waals surface area contributed by atoms with E-state index in [0.717, 1.165) is 38.4 Å². The molecular weight excluding hydrogens is 361 g/mol. The van der Waals surface area contributed by atoms with Crippen LogP contribution in [-0.4, -0.2) is 13.1 Å². The predicted octanol–water partition coefficient (Wildman–Crippen LogP) is 5.39. The maximum atomic E-state index is 14.5. The van der Waals surface area contributed by atoms with E-state index < -0.39 is 17.5 Å². The van der Waals surface area contributed by atoms with Gasteiger partial charge in [0.15, 0.2) is 0 Å². The molecule has 0 spiro atoms. The van der Waals surface area contributed by atoms with Crippen LogP contribution in [0.1, 0.15) is 49.3 Å². The summed E-state index contributed by atoms with van der Waals surface area (Å²) in [5, 5.41) is 8.74. The van der Waals surface area contributed by atoms with E-state index in [2.05, 4.69) is 18.8 Å². The summed E-state index contributed by atoms with van der Waals surface area (Å²) in [4.78, 5) is 2.01. The molecule has 0 radical (unpaired) electrons. The van der Waals surface area contributed by atoms with Crippen molar-refractivity contribution in [3.05, 3.63) is 64.5 Å². The highest BCUT2D eigenvalue weighted by Gasteiger charge is 2.20. The second-order valence-corrected chi connectivity index (χ2v) is 7.06. The van der Waals surface area contributed by atoms with Gasteiger partial charge in [-0.1, -0.05) is 31.6 Å². The standard InChI is InChI=1S/C23H21F3N2/c1-2-3-16-8-10-28(11-9-16)19-13-22(25)20(23(26)14-19)7-5-17-4-6-18(15-27)21(24)12-17/h4,6,12-14,16H,2-3,8-11H2,1H3. The minimum Gasteiger partial charge on any atom is -0.371 e. The number of hydrogen-bond donors (Lipinski definition) is 0. The highest BCUT2D eigenvalue weighted by Crippen LogP contribution is 2.28. The molecule has 28 heavy (non-hydrogen) atoms. The van der Waals surface area contributed by atoms with Gasteiger partial charge in [0.05, 0.1) is 11.1 Å². The van der Waals surface area contributed by atoms with Crippen LogP contribution < -0.4 is 4.90 Å². The van der Waals surface area contributed by atoms with E-state index in [-0.39, 0.29) is 16.7 Å². The topological polar surface area (TPSA) is 27.0 Å². The molecule has 0 saturated carbocycles. The third kappa shape index (κ3) is 4.49. The fourth-order valence-corrected chi connectivity index (χ4v) is 3.57. The number of anilines is 1. The van der Waals surface area contributed by atoms with Gasteiger partial charge in [-0.05, 0) is 49.1 Å². The van der Waals surface area contributed by atoms with E-state index in [4.69, 9.17) is 5.26 Å². The zero-order valence-corrected chi connectivity index (χ0v) is 15.7. The molecule has 1 aliphatic heterocycles. The van der Waals surface area contributed by atoms with Gasteiger partial charge in [0.25, 0.3) is 0 Å². The van der Waals surface area contributed by atoms with Crippen LogP contribution in [0, 0.1) is 46.5 Å². The highest BCUT2D eigenvalue weighted by molar-refractivity contribution is 5.54. The van der Waals surface area contributed by atoms with E-state index in [1.807, 2.05) is 4.90 Å². The fraction of sp³-hybridized carbons (Fsp3) is 0.348. The number of halogens is 3. The van der Waals surface area contributed by atoms with Crippen LogP contribution in [0.3, 0.4) is 0 Å². The summed E-state index contributed by atoms with van der Waals surface area (Å²) < 4.78 is 42.6. The molecule has 0 aromatic heterocycles. The molecule has 144 valence electrons. The lowest BCUT2D eigenvalue weighted by Crippen LogP contribution is -2.33. The molecule has 0 unspecified atom stereocenters. The van der Waals surface area contributed by atoms with E-state index in [0.29, 0.717) is 11.6 Å². The first-order valence-corrected chi connectivity index (χ1v) is 9.47. The molecule has 2 aromatic rings. The third-order valence-electron chi connectivity index (χ3n) is 5.12. The molecule has 1 fully saturated rings. The summed E-state index contributed by atoms with van der Waals surface area (Å²) in [6.45, 7) is 3.75. The summed E-state index contributed by atoms with van der Waals surface area (Å²) in [6, 6.07) is 8.15. The van der Waals surface area contributed by atoms with Gasteiger partial charge in [-0.3, -0.25) is 0 Å².